The number of nitrogens with two attached hydrogens (primary N) is 1. The quantitative estimate of drug-likeness (QED) is 0.762. The number of hydrogen-bond donors (Lipinski definition) is 1. The third-order valence-corrected chi connectivity index (χ3v) is 4.04. The highest BCUT2D eigenvalue weighted by Crippen LogP contribution is 2.22. The molecule has 0 bridgehead atoms. The van der Waals surface area contributed by atoms with Gasteiger partial charge >= 0.3 is 0 Å². The van der Waals surface area contributed by atoms with Crippen molar-refractivity contribution in [2.45, 2.75) is 31.5 Å². The highest BCUT2D eigenvalue weighted by molar-refractivity contribution is 5.81. The molecule has 2 aliphatic heterocycles. The van der Waals surface area contributed by atoms with Crippen molar-refractivity contribution in [3.05, 3.63) is 0 Å². The monoisotopic (exact) mass is 255 g/mol. The van der Waals surface area contributed by atoms with Crippen molar-refractivity contribution in [2.75, 3.05) is 40.3 Å². The van der Waals surface area contributed by atoms with Crippen molar-refractivity contribution in [2.24, 2.45) is 11.7 Å². The van der Waals surface area contributed by atoms with E-state index in [9.17, 15) is 4.79 Å². The average Bonchev–Trinajstić information content (AvgIpc) is 2.97. The molecule has 18 heavy (non-hydrogen) atoms. The van der Waals surface area contributed by atoms with Crippen molar-refractivity contribution in [3.8, 4) is 0 Å². The third kappa shape index (κ3) is 3.22. The van der Waals surface area contributed by atoms with Crippen molar-refractivity contribution >= 4 is 5.91 Å². The zero-order chi connectivity index (χ0) is 13.1. The van der Waals surface area contributed by atoms with Gasteiger partial charge in [0.05, 0.1) is 6.10 Å². The molecule has 2 saturated heterocycles. The van der Waals surface area contributed by atoms with Crippen LogP contribution in [0.1, 0.15) is 19.3 Å². The first-order chi connectivity index (χ1) is 8.60. The minimum Gasteiger partial charge on any atom is -0.364 e. The molecule has 2 aliphatic rings. The number of rotatable bonds is 4. The molecule has 0 aromatic heterocycles. The highest BCUT2D eigenvalue weighted by Gasteiger charge is 2.32. The maximum absolute atomic E-state index is 12.2. The Hall–Kier alpha value is -0.650. The topological polar surface area (TPSA) is 58.8 Å². The van der Waals surface area contributed by atoms with Crippen LogP contribution in [0.5, 0.6) is 0 Å². The summed E-state index contributed by atoms with van der Waals surface area (Å²) in [6.45, 7) is 3.59. The van der Waals surface area contributed by atoms with E-state index in [0.29, 0.717) is 12.5 Å². The largest absolute Gasteiger partial charge is 0.364 e. The van der Waals surface area contributed by atoms with E-state index in [2.05, 4.69) is 11.9 Å². The molecule has 0 saturated carbocycles. The molecule has 2 N–H and O–H groups in total. The van der Waals surface area contributed by atoms with E-state index in [1.165, 1.54) is 6.42 Å². The number of ether oxygens (including phenoxy) is 1. The van der Waals surface area contributed by atoms with Gasteiger partial charge in [-0.05, 0) is 38.8 Å². The molecule has 0 radical (unpaired) electrons. The fraction of sp³-hybridized carbons (Fsp3) is 0.923. The van der Waals surface area contributed by atoms with E-state index in [-0.39, 0.29) is 18.1 Å². The molecule has 104 valence electrons. The van der Waals surface area contributed by atoms with E-state index in [4.69, 9.17) is 10.5 Å². The van der Waals surface area contributed by atoms with Crippen molar-refractivity contribution in [1.82, 2.24) is 9.80 Å². The maximum atomic E-state index is 12.2. The number of amides is 1. The first-order valence-electron chi connectivity index (χ1n) is 6.89. The molecule has 1 amide bonds. The van der Waals surface area contributed by atoms with Gasteiger partial charge in [0.25, 0.3) is 5.91 Å². The highest BCUT2D eigenvalue weighted by atomic mass is 16.5. The molecular weight excluding hydrogens is 230 g/mol. The standard InChI is InChI=1S/C13H25N3O2/c1-15-6-5-10(8-15)9-16(2)13(17)12-4-3-11(7-14)18-12/h10-12H,3-9,14H2,1-2H3. The summed E-state index contributed by atoms with van der Waals surface area (Å²) in [6, 6.07) is 0. The molecule has 2 heterocycles. The van der Waals surface area contributed by atoms with Crippen LogP contribution in [-0.2, 0) is 9.53 Å². The Bertz CT molecular complexity index is 298. The molecule has 5 heteroatoms. The number of likely N-dealkylation sites (tertiary alicyclic amines) is 1. The van der Waals surface area contributed by atoms with Gasteiger partial charge in [-0.1, -0.05) is 0 Å². The number of carbonyl (C=O) groups excluding carboxylic acids is 1. The second-order valence-corrected chi connectivity index (χ2v) is 5.70. The van der Waals surface area contributed by atoms with Gasteiger partial charge in [0.1, 0.15) is 6.10 Å². The second kappa shape index (κ2) is 5.99. The number of carbonyl (C=O) groups is 1. The lowest BCUT2D eigenvalue weighted by molar-refractivity contribution is -0.141. The van der Waals surface area contributed by atoms with Crippen LogP contribution >= 0.6 is 0 Å². The van der Waals surface area contributed by atoms with Gasteiger partial charge in [-0.2, -0.15) is 0 Å². The van der Waals surface area contributed by atoms with Gasteiger partial charge in [-0.3, -0.25) is 4.79 Å². The lowest BCUT2D eigenvalue weighted by Gasteiger charge is -2.24. The predicted molar refractivity (Wildman–Crippen MR) is 70.2 cm³/mol. The molecule has 0 spiro atoms. The average molecular weight is 255 g/mol. The second-order valence-electron chi connectivity index (χ2n) is 5.70. The molecule has 0 aliphatic carbocycles. The summed E-state index contributed by atoms with van der Waals surface area (Å²) in [7, 11) is 4.02. The van der Waals surface area contributed by atoms with Crippen LogP contribution in [0.25, 0.3) is 0 Å². The Balaban J connectivity index is 1.78. The zero-order valence-electron chi connectivity index (χ0n) is 11.5. The van der Waals surface area contributed by atoms with Crippen LogP contribution < -0.4 is 5.73 Å². The van der Waals surface area contributed by atoms with Gasteiger partial charge in [-0.15, -0.1) is 0 Å². The molecule has 5 nitrogen and oxygen atoms in total. The normalized spacial score (nSPS) is 32.9. The van der Waals surface area contributed by atoms with E-state index >= 15 is 0 Å². The van der Waals surface area contributed by atoms with Gasteiger partial charge < -0.3 is 20.3 Å². The van der Waals surface area contributed by atoms with Crippen molar-refractivity contribution < 1.29 is 9.53 Å². The smallest absolute Gasteiger partial charge is 0.251 e. The Morgan fingerprint density at radius 3 is 2.78 bits per heavy atom. The Morgan fingerprint density at radius 1 is 1.44 bits per heavy atom. The summed E-state index contributed by atoms with van der Waals surface area (Å²) >= 11 is 0. The number of hydrogen-bond acceptors (Lipinski definition) is 4. The lowest BCUT2D eigenvalue weighted by Crippen LogP contribution is -2.40. The van der Waals surface area contributed by atoms with E-state index in [1.807, 2.05) is 11.9 Å². The van der Waals surface area contributed by atoms with Crippen molar-refractivity contribution in [3.63, 3.8) is 0 Å². The van der Waals surface area contributed by atoms with E-state index in [1.54, 1.807) is 0 Å². The Kier molecular flexibility index (Phi) is 4.59. The fourth-order valence-electron chi connectivity index (χ4n) is 2.96. The maximum Gasteiger partial charge on any atom is 0.251 e. The van der Waals surface area contributed by atoms with Crippen molar-refractivity contribution in [1.29, 1.82) is 0 Å². The van der Waals surface area contributed by atoms with E-state index < -0.39 is 0 Å². The minimum absolute atomic E-state index is 0.0740. The summed E-state index contributed by atoms with van der Waals surface area (Å²) in [6.07, 6.45) is 2.72. The van der Waals surface area contributed by atoms with Crippen LogP contribution in [0.15, 0.2) is 0 Å². The third-order valence-electron chi connectivity index (χ3n) is 4.04. The molecule has 0 aromatic rings. The van der Waals surface area contributed by atoms with Gasteiger partial charge in [-0.25, -0.2) is 0 Å². The van der Waals surface area contributed by atoms with E-state index in [0.717, 1.165) is 32.5 Å². The summed E-state index contributed by atoms with van der Waals surface area (Å²) in [5, 5.41) is 0. The first-order valence-corrected chi connectivity index (χ1v) is 6.89. The number of nitrogens with zero attached hydrogens (tertiary/aromatic N) is 2. The predicted octanol–water partition coefficient (Wildman–Crippen LogP) is -0.0972. The van der Waals surface area contributed by atoms with Crippen LogP contribution in [0, 0.1) is 5.92 Å². The van der Waals surface area contributed by atoms with Gasteiger partial charge in [0.15, 0.2) is 0 Å². The zero-order valence-corrected chi connectivity index (χ0v) is 11.5. The summed E-state index contributed by atoms with van der Waals surface area (Å²) in [4.78, 5) is 16.4. The summed E-state index contributed by atoms with van der Waals surface area (Å²) < 4.78 is 5.65. The van der Waals surface area contributed by atoms with Gasteiger partial charge in [0, 0.05) is 26.7 Å². The SMILES string of the molecule is CN1CCC(CN(C)C(=O)C2CCC(CN)O2)C1. The van der Waals surface area contributed by atoms with Gasteiger partial charge in [0.2, 0.25) is 0 Å². The molecule has 2 fully saturated rings. The molecular formula is C13H25N3O2. The lowest BCUT2D eigenvalue weighted by atomic mass is 10.1. The fourth-order valence-corrected chi connectivity index (χ4v) is 2.96. The molecule has 2 rings (SSSR count). The first kappa shape index (κ1) is 13.8. The Labute approximate surface area is 109 Å². The molecule has 3 atom stereocenters. The Morgan fingerprint density at radius 2 is 2.22 bits per heavy atom. The van der Waals surface area contributed by atoms with Crippen LogP contribution in [0.2, 0.25) is 0 Å². The summed E-state index contributed by atoms with van der Waals surface area (Å²) in [5.41, 5.74) is 5.56. The number of likely N-dealkylation sites (N-methyl/N-ethyl adjacent to an activating group) is 1. The molecule has 0 aromatic carbocycles. The minimum atomic E-state index is -0.261. The summed E-state index contributed by atoms with van der Waals surface area (Å²) in [5.74, 6) is 0.733. The van der Waals surface area contributed by atoms with Crippen LogP contribution in [-0.4, -0.2) is 68.2 Å². The van der Waals surface area contributed by atoms with Crippen LogP contribution in [0.4, 0.5) is 0 Å². The van der Waals surface area contributed by atoms with Crippen LogP contribution in [0.3, 0.4) is 0 Å². The molecule has 3 unspecified atom stereocenters.